The molecule has 0 aliphatic rings. The maximum Gasteiger partial charge on any atom is 0.141 e. The van der Waals surface area contributed by atoms with Crippen LogP contribution in [0.5, 0.6) is 0 Å². The fourth-order valence-electron chi connectivity index (χ4n) is 1.19. The minimum atomic E-state index is -0.128. The number of thioether (sulfide) groups is 1. The first-order valence-electron chi connectivity index (χ1n) is 3.62. The fourth-order valence-corrected chi connectivity index (χ4v) is 3.54. The third-order valence-corrected chi connectivity index (χ3v) is 4.13. The molecule has 0 amide bonds. The van der Waals surface area contributed by atoms with E-state index in [1.807, 2.05) is 18.4 Å². The number of halogens is 2. The van der Waals surface area contributed by atoms with Gasteiger partial charge in [0.2, 0.25) is 0 Å². The molecule has 0 N–H and O–H groups in total. The quantitative estimate of drug-likeness (QED) is 0.690. The van der Waals surface area contributed by atoms with Gasteiger partial charge in [-0.3, -0.25) is 0 Å². The van der Waals surface area contributed by atoms with Crippen LogP contribution in [-0.2, 0) is 0 Å². The van der Waals surface area contributed by atoms with E-state index in [1.54, 1.807) is 17.1 Å². The van der Waals surface area contributed by atoms with Crippen LogP contribution in [0.2, 0.25) is 0 Å². The van der Waals surface area contributed by atoms with Crippen LogP contribution in [0.25, 0.3) is 10.1 Å². The Morgan fingerprint density at radius 3 is 2.92 bits per heavy atom. The van der Waals surface area contributed by atoms with Gasteiger partial charge in [-0.05, 0) is 18.4 Å². The fraction of sp³-hybridized carbons (Fsp3) is 0.111. The zero-order chi connectivity index (χ0) is 9.42. The summed E-state index contributed by atoms with van der Waals surface area (Å²) in [5, 5.41) is 2.26. The van der Waals surface area contributed by atoms with Crippen molar-refractivity contribution in [2.24, 2.45) is 0 Å². The number of thiophene rings is 1. The van der Waals surface area contributed by atoms with Crippen LogP contribution < -0.4 is 0 Å². The van der Waals surface area contributed by atoms with E-state index in [0.29, 0.717) is 5.39 Å². The van der Waals surface area contributed by atoms with Gasteiger partial charge in [-0.25, -0.2) is 4.39 Å². The maximum absolute atomic E-state index is 13.2. The summed E-state index contributed by atoms with van der Waals surface area (Å²) in [6.45, 7) is 0. The molecule has 0 aliphatic heterocycles. The molecule has 0 radical (unpaired) electrons. The molecule has 0 bridgehead atoms. The Kier molecular flexibility index (Phi) is 2.62. The van der Waals surface area contributed by atoms with Crippen molar-refractivity contribution in [2.45, 2.75) is 4.90 Å². The first-order chi connectivity index (χ1) is 6.22. The minimum absolute atomic E-state index is 0.128. The lowest BCUT2D eigenvalue weighted by atomic mass is 10.2. The number of hydrogen-bond donors (Lipinski definition) is 0. The summed E-state index contributed by atoms with van der Waals surface area (Å²) in [6, 6.07) is 3.84. The van der Waals surface area contributed by atoms with E-state index in [9.17, 15) is 4.39 Å². The Hall–Kier alpha value is -0.0600. The third-order valence-electron chi connectivity index (χ3n) is 1.78. The zero-order valence-electron chi connectivity index (χ0n) is 6.80. The maximum atomic E-state index is 13.2. The van der Waals surface area contributed by atoms with Gasteiger partial charge in [0.25, 0.3) is 0 Å². The lowest BCUT2D eigenvalue weighted by molar-refractivity contribution is 0.644. The molecule has 13 heavy (non-hydrogen) atoms. The molecule has 4 heteroatoms. The lowest BCUT2D eigenvalue weighted by Crippen LogP contribution is -1.74. The Balaban J connectivity index is 2.84. The molecule has 0 saturated carbocycles. The van der Waals surface area contributed by atoms with Gasteiger partial charge in [-0.2, -0.15) is 0 Å². The van der Waals surface area contributed by atoms with Gasteiger partial charge >= 0.3 is 0 Å². The first-order valence-corrected chi connectivity index (χ1v) is 6.52. The van der Waals surface area contributed by atoms with Crippen LogP contribution in [0, 0.1) is 5.82 Å². The van der Waals surface area contributed by atoms with Crippen molar-refractivity contribution < 1.29 is 4.39 Å². The summed E-state index contributed by atoms with van der Waals surface area (Å²) >= 11 is 6.46. The molecular formula is C9H6BrFS2. The highest BCUT2D eigenvalue weighted by molar-refractivity contribution is 9.10. The predicted octanol–water partition coefficient (Wildman–Crippen LogP) is 4.52. The Labute approximate surface area is 92.3 Å². The normalized spacial score (nSPS) is 11.0. The van der Waals surface area contributed by atoms with E-state index in [4.69, 9.17) is 0 Å². The summed E-state index contributed by atoms with van der Waals surface area (Å²) in [4.78, 5) is 1.12. The molecule has 0 fully saturated rings. The molecule has 0 unspecified atom stereocenters. The van der Waals surface area contributed by atoms with Crippen LogP contribution in [0.15, 0.2) is 26.9 Å². The highest BCUT2D eigenvalue weighted by atomic mass is 79.9. The van der Waals surface area contributed by atoms with Gasteiger partial charge in [0, 0.05) is 20.1 Å². The summed E-state index contributed by atoms with van der Waals surface area (Å²) < 4.78 is 15.2. The molecule has 0 aliphatic carbocycles. The smallest absolute Gasteiger partial charge is 0.141 e. The van der Waals surface area contributed by atoms with Crippen LogP contribution in [0.3, 0.4) is 0 Å². The van der Waals surface area contributed by atoms with E-state index < -0.39 is 0 Å². The van der Waals surface area contributed by atoms with Crippen LogP contribution in [0.4, 0.5) is 4.39 Å². The zero-order valence-corrected chi connectivity index (χ0v) is 10.0. The average molecular weight is 277 g/mol. The van der Waals surface area contributed by atoms with Crippen molar-refractivity contribution in [1.29, 1.82) is 0 Å². The molecule has 2 aromatic rings. The Bertz CT molecular complexity index is 450. The van der Waals surface area contributed by atoms with Crippen LogP contribution in [0.1, 0.15) is 0 Å². The van der Waals surface area contributed by atoms with Gasteiger partial charge < -0.3 is 0 Å². The number of benzene rings is 1. The molecule has 0 nitrogen and oxygen atoms in total. The molecule has 68 valence electrons. The lowest BCUT2D eigenvalue weighted by Gasteiger charge is -1.99. The van der Waals surface area contributed by atoms with E-state index in [0.717, 1.165) is 14.1 Å². The summed E-state index contributed by atoms with van der Waals surface area (Å²) in [5.74, 6) is -0.128. The molecule has 2 rings (SSSR count). The average Bonchev–Trinajstić information content (AvgIpc) is 2.47. The largest absolute Gasteiger partial charge is 0.205 e. The second kappa shape index (κ2) is 3.59. The molecule has 1 heterocycles. The molecule has 0 spiro atoms. The summed E-state index contributed by atoms with van der Waals surface area (Å²) in [5.41, 5.74) is 0. The van der Waals surface area contributed by atoms with Gasteiger partial charge in [0.05, 0.1) is 4.70 Å². The van der Waals surface area contributed by atoms with Crippen molar-refractivity contribution in [2.75, 3.05) is 6.26 Å². The van der Waals surface area contributed by atoms with Gasteiger partial charge in [-0.15, -0.1) is 23.1 Å². The van der Waals surface area contributed by atoms with E-state index in [-0.39, 0.29) is 5.82 Å². The molecule has 1 aromatic carbocycles. The van der Waals surface area contributed by atoms with E-state index >= 15 is 0 Å². The second-order valence-electron chi connectivity index (χ2n) is 2.57. The highest BCUT2D eigenvalue weighted by Gasteiger charge is 2.08. The SMILES string of the molecule is CSc1cc(Br)cc2c(F)csc12. The topological polar surface area (TPSA) is 0 Å². The number of hydrogen-bond acceptors (Lipinski definition) is 2. The van der Waals surface area contributed by atoms with Crippen molar-refractivity contribution in [3.05, 3.63) is 27.8 Å². The van der Waals surface area contributed by atoms with Crippen molar-refractivity contribution >= 4 is 49.1 Å². The second-order valence-corrected chi connectivity index (χ2v) is 5.21. The predicted molar refractivity (Wildman–Crippen MR) is 61.3 cm³/mol. The van der Waals surface area contributed by atoms with Crippen LogP contribution in [-0.4, -0.2) is 6.26 Å². The van der Waals surface area contributed by atoms with E-state index in [2.05, 4.69) is 15.9 Å². The van der Waals surface area contributed by atoms with Crippen molar-refractivity contribution in [1.82, 2.24) is 0 Å². The summed E-state index contributed by atoms with van der Waals surface area (Å²) in [6.07, 6.45) is 2.00. The monoisotopic (exact) mass is 276 g/mol. The van der Waals surface area contributed by atoms with E-state index in [1.165, 1.54) is 11.3 Å². The van der Waals surface area contributed by atoms with Crippen molar-refractivity contribution in [3.8, 4) is 0 Å². The van der Waals surface area contributed by atoms with Gasteiger partial charge in [-0.1, -0.05) is 15.9 Å². The number of fused-ring (bicyclic) bond motifs is 1. The molecule has 0 atom stereocenters. The van der Waals surface area contributed by atoms with Crippen molar-refractivity contribution in [3.63, 3.8) is 0 Å². The Morgan fingerprint density at radius 1 is 1.46 bits per heavy atom. The van der Waals surface area contributed by atoms with Crippen LogP contribution >= 0.6 is 39.0 Å². The van der Waals surface area contributed by atoms with Gasteiger partial charge in [0.15, 0.2) is 0 Å². The summed E-state index contributed by atoms with van der Waals surface area (Å²) in [7, 11) is 0. The minimum Gasteiger partial charge on any atom is -0.205 e. The highest BCUT2D eigenvalue weighted by Crippen LogP contribution is 2.35. The van der Waals surface area contributed by atoms with Gasteiger partial charge in [0.1, 0.15) is 5.82 Å². The number of rotatable bonds is 1. The third kappa shape index (κ3) is 1.63. The standard InChI is InChI=1S/C9H6BrFS2/c1-12-8-3-5(10)2-6-7(11)4-13-9(6)8/h2-4H,1H3. The first kappa shape index (κ1) is 9.49. The molecule has 1 aromatic heterocycles. The molecular weight excluding hydrogens is 271 g/mol. The molecule has 0 saturated heterocycles. The Morgan fingerprint density at radius 2 is 2.23 bits per heavy atom.